The number of aromatic nitrogens is 1. The predicted octanol–water partition coefficient (Wildman–Crippen LogP) is 3.63. The zero-order valence-corrected chi connectivity index (χ0v) is 13.3. The van der Waals surface area contributed by atoms with Crippen molar-refractivity contribution in [3.63, 3.8) is 0 Å². The number of piperidine rings is 1. The van der Waals surface area contributed by atoms with Gasteiger partial charge in [-0.15, -0.1) is 0 Å². The molecular weight excluding hydrogens is 272 g/mol. The third kappa shape index (κ3) is 1.44. The van der Waals surface area contributed by atoms with Crippen LogP contribution in [0.15, 0.2) is 24.3 Å². The fourth-order valence-electron chi connectivity index (χ4n) is 5.66. The van der Waals surface area contributed by atoms with Crippen LogP contribution in [0.2, 0.25) is 0 Å². The highest BCUT2D eigenvalue weighted by molar-refractivity contribution is 5.86. The molecule has 3 nitrogen and oxygen atoms in total. The molecule has 3 heteroatoms. The lowest BCUT2D eigenvalue weighted by Gasteiger charge is -2.56. The molecule has 0 spiro atoms. The normalized spacial score (nSPS) is 33.9. The van der Waals surface area contributed by atoms with Gasteiger partial charge in [-0.3, -0.25) is 4.90 Å². The van der Waals surface area contributed by atoms with Crippen LogP contribution in [0.1, 0.15) is 56.1 Å². The Bertz CT molecular complexity index is 749. The summed E-state index contributed by atoms with van der Waals surface area (Å²) in [5.41, 5.74) is 4.46. The summed E-state index contributed by atoms with van der Waals surface area (Å²) in [5, 5.41) is 12.3. The lowest BCUT2D eigenvalue weighted by atomic mass is 9.64. The fourth-order valence-corrected chi connectivity index (χ4v) is 5.66. The van der Waals surface area contributed by atoms with E-state index in [9.17, 15) is 5.11 Å². The van der Waals surface area contributed by atoms with E-state index in [1.807, 2.05) is 0 Å². The Balaban J connectivity index is 1.85. The molecule has 0 aliphatic carbocycles. The summed E-state index contributed by atoms with van der Waals surface area (Å²) in [5.74, 6) is 0. The second kappa shape index (κ2) is 4.36. The molecule has 1 aromatic carbocycles. The molecule has 3 aliphatic rings. The van der Waals surface area contributed by atoms with Gasteiger partial charge in [-0.1, -0.05) is 25.1 Å². The van der Waals surface area contributed by atoms with Crippen molar-refractivity contribution >= 4 is 10.9 Å². The standard InChI is InChI=1S/C19H24N2O/c1-2-19-9-5-10-20-11-8-14-13-6-3-4-7-15(13)21(16(22)12-19)17(14)18(19)20/h3-4,6-7,16,18,22H,2,5,8-12H2,1H3/t16-,18+,19-/m1/s1. The van der Waals surface area contributed by atoms with Crippen molar-refractivity contribution in [2.24, 2.45) is 5.41 Å². The Kier molecular flexibility index (Phi) is 2.61. The van der Waals surface area contributed by atoms with Crippen LogP contribution >= 0.6 is 0 Å². The maximum atomic E-state index is 11.0. The van der Waals surface area contributed by atoms with Gasteiger partial charge in [0, 0.05) is 17.6 Å². The Hall–Kier alpha value is -1.32. The largest absolute Gasteiger partial charge is 0.373 e. The van der Waals surface area contributed by atoms with Gasteiger partial charge in [-0.05, 0) is 55.7 Å². The third-order valence-electron chi connectivity index (χ3n) is 6.62. The Morgan fingerprint density at radius 2 is 2.14 bits per heavy atom. The number of fused-ring (bicyclic) bond motifs is 3. The average Bonchev–Trinajstić information content (AvgIpc) is 2.89. The molecule has 0 radical (unpaired) electrons. The average molecular weight is 296 g/mol. The molecule has 1 fully saturated rings. The van der Waals surface area contributed by atoms with Crippen molar-refractivity contribution in [3.8, 4) is 0 Å². The summed E-state index contributed by atoms with van der Waals surface area (Å²) in [6.07, 6.45) is 5.41. The monoisotopic (exact) mass is 296 g/mol. The fraction of sp³-hybridized carbons (Fsp3) is 0.579. The van der Waals surface area contributed by atoms with Gasteiger partial charge in [0.15, 0.2) is 0 Å². The van der Waals surface area contributed by atoms with Crippen LogP contribution in [-0.4, -0.2) is 27.7 Å². The van der Waals surface area contributed by atoms with Crippen LogP contribution in [0, 0.1) is 5.41 Å². The van der Waals surface area contributed by atoms with E-state index in [4.69, 9.17) is 0 Å². The summed E-state index contributed by atoms with van der Waals surface area (Å²) in [6.45, 7) is 4.73. The second-order valence-corrected chi connectivity index (χ2v) is 7.44. The number of benzene rings is 1. The SMILES string of the molecule is CC[C@@]12CCCN3CCc4c(n(c5ccccc45)[C@H](O)C1)[C@H]32. The van der Waals surface area contributed by atoms with Gasteiger partial charge in [-0.2, -0.15) is 0 Å². The minimum Gasteiger partial charge on any atom is -0.373 e. The van der Waals surface area contributed by atoms with Crippen LogP contribution in [0.5, 0.6) is 0 Å². The topological polar surface area (TPSA) is 28.4 Å². The highest BCUT2D eigenvalue weighted by atomic mass is 16.3. The zero-order valence-electron chi connectivity index (χ0n) is 13.3. The van der Waals surface area contributed by atoms with Crippen molar-refractivity contribution in [1.82, 2.24) is 9.47 Å². The summed E-state index contributed by atoms with van der Waals surface area (Å²) in [7, 11) is 0. The maximum absolute atomic E-state index is 11.0. The molecule has 3 aliphatic heterocycles. The van der Waals surface area contributed by atoms with Gasteiger partial charge < -0.3 is 9.67 Å². The first-order chi connectivity index (χ1) is 10.7. The summed E-state index contributed by atoms with van der Waals surface area (Å²) >= 11 is 0. The molecule has 1 aromatic heterocycles. The zero-order chi connectivity index (χ0) is 14.9. The van der Waals surface area contributed by atoms with E-state index in [2.05, 4.69) is 40.7 Å². The minimum absolute atomic E-state index is 0.275. The van der Waals surface area contributed by atoms with Gasteiger partial charge in [-0.25, -0.2) is 0 Å². The Labute approximate surface area is 131 Å². The van der Waals surface area contributed by atoms with Crippen LogP contribution in [0.4, 0.5) is 0 Å². The first kappa shape index (κ1) is 13.1. The van der Waals surface area contributed by atoms with E-state index in [0.29, 0.717) is 6.04 Å². The molecule has 4 heterocycles. The molecule has 2 aromatic rings. The molecule has 3 atom stereocenters. The number of para-hydroxylation sites is 1. The molecule has 1 N–H and O–H groups in total. The number of hydrogen-bond acceptors (Lipinski definition) is 2. The first-order valence-corrected chi connectivity index (χ1v) is 8.79. The molecule has 0 saturated carbocycles. The Morgan fingerprint density at radius 3 is 3.00 bits per heavy atom. The summed E-state index contributed by atoms with van der Waals surface area (Å²) < 4.78 is 2.26. The lowest BCUT2D eigenvalue weighted by molar-refractivity contribution is -0.0791. The predicted molar refractivity (Wildman–Crippen MR) is 87.8 cm³/mol. The van der Waals surface area contributed by atoms with Gasteiger partial charge in [0.2, 0.25) is 0 Å². The summed E-state index contributed by atoms with van der Waals surface area (Å²) in [6, 6.07) is 9.19. The van der Waals surface area contributed by atoms with E-state index in [1.165, 1.54) is 54.5 Å². The third-order valence-corrected chi connectivity index (χ3v) is 6.62. The smallest absolute Gasteiger partial charge is 0.131 e. The first-order valence-electron chi connectivity index (χ1n) is 8.79. The minimum atomic E-state index is -0.358. The van der Waals surface area contributed by atoms with Crippen LogP contribution in [-0.2, 0) is 6.42 Å². The van der Waals surface area contributed by atoms with Crippen LogP contribution < -0.4 is 0 Å². The number of aliphatic hydroxyl groups excluding tert-OH is 1. The second-order valence-electron chi connectivity index (χ2n) is 7.44. The van der Waals surface area contributed by atoms with E-state index in [0.717, 1.165) is 12.8 Å². The van der Waals surface area contributed by atoms with Crippen molar-refractivity contribution < 1.29 is 5.11 Å². The van der Waals surface area contributed by atoms with Crippen molar-refractivity contribution in [1.29, 1.82) is 0 Å². The molecule has 116 valence electrons. The van der Waals surface area contributed by atoms with Crippen molar-refractivity contribution in [2.45, 2.75) is 51.3 Å². The lowest BCUT2D eigenvalue weighted by Crippen LogP contribution is -2.53. The number of aliphatic hydroxyl groups is 1. The number of nitrogens with zero attached hydrogens (tertiary/aromatic N) is 2. The van der Waals surface area contributed by atoms with Gasteiger partial charge in [0.1, 0.15) is 6.23 Å². The van der Waals surface area contributed by atoms with Crippen molar-refractivity contribution in [2.75, 3.05) is 13.1 Å². The van der Waals surface area contributed by atoms with E-state index < -0.39 is 0 Å². The van der Waals surface area contributed by atoms with E-state index >= 15 is 0 Å². The molecule has 5 rings (SSSR count). The molecule has 0 unspecified atom stereocenters. The van der Waals surface area contributed by atoms with E-state index in [-0.39, 0.29) is 11.6 Å². The van der Waals surface area contributed by atoms with Crippen LogP contribution in [0.3, 0.4) is 0 Å². The van der Waals surface area contributed by atoms with Gasteiger partial charge in [0.25, 0.3) is 0 Å². The van der Waals surface area contributed by atoms with Gasteiger partial charge >= 0.3 is 0 Å². The highest BCUT2D eigenvalue weighted by Crippen LogP contribution is 2.59. The maximum Gasteiger partial charge on any atom is 0.131 e. The molecule has 0 amide bonds. The molecule has 0 bridgehead atoms. The number of hydrogen-bond donors (Lipinski definition) is 1. The Morgan fingerprint density at radius 1 is 1.27 bits per heavy atom. The molecule has 22 heavy (non-hydrogen) atoms. The van der Waals surface area contributed by atoms with E-state index in [1.54, 1.807) is 0 Å². The van der Waals surface area contributed by atoms with Gasteiger partial charge in [0.05, 0.1) is 11.6 Å². The molecular formula is C19H24N2O. The van der Waals surface area contributed by atoms with Crippen molar-refractivity contribution in [3.05, 3.63) is 35.5 Å². The highest BCUT2D eigenvalue weighted by Gasteiger charge is 2.52. The quantitative estimate of drug-likeness (QED) is 0.870. The van der Waals surface area contributed by atoms with Crippen LogP contribution in [0.25, 0.3) is 10.9 Å². The molecule has 1 saturated heterocycles. The number of rotatable bonds is 1. The summed E-state index contributed by atoms with van der Waals surface area (Å²) in [4.78, 5) is 2.70.